The van der Waals surface area contributed by atoms with Gasteiger partial charge in [0.1, 0.15) is 12.7 Å². The Bertz CT molecular complexity index is 1650. The Morgan fingerprint density at radius 1 is 0.837 bits per heavy atom. The minimum atomic E-state index is -1.68. The summed E-state index contributed by atoms with van der Waals surface area (Å²) in [5, 5.41) is 0.273. The SMILES string of the molecule is CSc1nc(=O)ccn1C1OC(COC(=O)c2ccccc2)C(OC(=O)c2ccccc2)C1(C)OC(=O)c1ccccc1. The number of aromatic nitrogens is 2. The van der Waals surface area contributed by atoms with Crippen molar-refractivity contribution in [3.63, 3.8) is 0 Å². The summed E-state index contributed by atoms with van der Waals surface area (Å²) in [6.45, 7) is 1.24. The van der Waals surface area contributed by atoms with Gasteiger partial charge in [0.15, 0.2) is 23.1 Å². The third-order valence-corrected chi connectivity index (χ3v) is 7.56. The van der Waals surface area contributed by atoms with E-state index in [0.717, 1.165) is 0 Å². The molecule has 0 amide bonds. The summed E-state index contributed by atoms with van der Waals surface area (Å²) in [4.78, 5) is 55.8. The Morgan fingerprint density at radius 3 is 1.93 bits per heavy atom. The molecule has 1 aromatic heterocycles. The van der Waals surface area contributed by atoms with E-state index < -0.39 is 47.5 Å². The first-order valence-corrected chi connectivity index (χ1v) is 14.6. The van der Waals surface area contributed by atoms with Crippen LogP contribution in [0.25, 0.3) is 0 Å². The van der Waals surface area contributed by atoms with Crippen molar-refractivity contribution in [3.8, 4) is 0 Å². The fraction of sp³-hybridized carbons (Fsp3) is 0.219. The second kappa shape index (κ2) is 13.1. The molecule has 220 valence electrons. The van der Waals surface area contributed by atoms with Crippen molar-refractivity contribution in [2.45, 2.75) is 36.1 Å². The molecule has 4 unspecified atom stereocenters. The molecule has 5 rings (SSSR count). The number of carbonyl (C=O) groups is 3. The van der Waals surface area contributed by atoms with Crippen LogP contribution in [-0.4, -0.2) is 58.1 Å². The molecule has 1 aliphatic rings. The molecule has 1 aliphatic heterocycles. The lowest BCUT2D eigenvalue weighted by atomic mass is 9.95. The number of rotatable bonds is 9. The normalized spacial score (nSPS) is 21.1. The van der Waals surface area contributed by atoms with Crippen molar-refractivity contribution in [3.05, 3.63) is 130 Å². The molecule has 1 fully saturated rings. The number of esters is 3. The minimum Gasteiger partial charge on any atom is -0.459 e. The molecule has 43 heavy (non-hydrogen) atoms. The summed E-state index contributed by atoms with van der Waals surface area (Å²) in [6, 6.07) is 26.3. The smallest absolute Gasteiger partial charge is 0.338 e. The van der Waals surface area contributed by atoms with Gasteiger partial charge in [0.25, 0.3) is 5.56 Å². The Morgan fingerprint density at radius 2 is 1.37 bits per heavy atom. The molecule has 0 saturated carbocycles. The second-order valence-corrected chi connectivity index (χ2v) is 10.6. The van der Waals surface area contributed by atoms with Gasteiger partial charge in [0.05, 0.1) is 16.7 Å². The molecule has 11 heteroatoms. The summed E-state index contributed by atoms with van der Waals surface area (Å²) >= 11 is 1.18. The van der Waals surface area contributed by atoms with Crippen molar-refractivity contribution in [2.24, 2.45) is 0 Å². The van der Waals surface area contributed by atoms with Gasteiger partial charge in [-0.15, -0.1) is 0 Å². The molecule has 0 bridgehead atoms. The van der Waals surface area contributed by atoms with Gasteiger partial charge < -0.3 is 18.9 Å². The van der Waals surface area contributed by atoms with Crippen LogP contribution in [0.1, 0.15) is 44.2 Å². The Hall–Kier alpha value is -4.74. The Balaban J connectivity index is 1.56. The number of benzene rings is 3. The third-order valence-electron chi connectivity index (χ3n) is 6.89. The average Bonchev–Trinajstić information content (AvgIpc) is 3.30. The third kappa shape index (κ3) is 6.52. The van der Waals surface area contributed by atoms with Gasteiger partial charge in [-0.05, 0) is 49.6 Å². The highest BCUT2D eigenvalue weighted by Crippen LogP contribution is 2.45. The van der Waals surface area contributed by atoms with Crippen LogP contribution in [0.15, 0.2) is 113 Å². The lowest BCUT2D eigenvalue weighted by Crippen LogP contribution is -2.50. The van der Waals surface area contributed by atoms with Gasteiger partial charge in [-0.25, -0.2) is 14.4 Å². The number of hydrogen-bond acceptors (Lipinski definition) is 10. The average molecular weight is 601 g/mol. The molecule has 3 aromatic carbocycles. The van der Waals surface area contributed by atoms with Crippen molar-refractivity contribution in [2.75, 3.05) is 12.9 Å². The zero-order valence-corrected chi connectivity index (χ0v) is 24.1. The standard InChI is InChI=1S/C32H28N2O8S/c1-32(42-29(38)23-16-10-5-11-17-23)26(41-28(37)22-14-8-4-9-15-22)24(20-39-27(36)21-12-6-3-7-13-21)40-30(32)34-19-18-25(35)33-31(34)43-2/h3-19,24,26,30H,20H2,1-2H3. The van der Waals surface area contributed by atoms with E-state index >= 15 is 0 Å². The maximum absolute atomic E-state index is 13.5. The van der Waals surface area contributed by atoms with Crippen LogP contribution in [0.4, 0.5) is 0 Å². The molecule has 1 saturated heterocycles. The molecule has 4 atom stereocenters. The Labute approximate surface area is 251 Å². The van der Waals surface area contributed by atoms with Crippen LogP contribution in [-0.2, 0) is 18.9 Å². The van der Waals surface area contributed by atoms with Crippen LogP contribution in [0.5, 0.6) is 0 Å². The van der Waals surface area contributed by atoms with Gasteiger partial charge in [-0.1, -0.05) is 66.4 Å². The molecular formula is C32H28N2O8S. The van der Waals surface area contributed by atoms with Crippen LogP contribution >= 0.6 is 11.8 Å². The maximum Gasteiger partial charge on any atom is 0.338 e. The van der Waals surface area contributed by atoms with Crippen LogP contribution < -0.4 is 5.56 Å². The van der Waals surface area contributed by atoms with E-state index in [2.05, 4.69) is 4.98 Å². The zero-order chi connectivity index (χ0) is 30.4. The first-order chi connectivity index (χ1) is 20.8. The quantitative estimate of drug-likeness (QED) is 0.117. The number of thioether (sulfide) groups is 1. The van der Waals surface area contributed by atoms with Crippen molar-refractivity contribution in [1.82, 2.24) is 9.55 Å². The van der Waals surface area contributed by atoms with E-state index in [1.54, 1.807) is 104 Å². The van der Waals surface area contributed by atoms with Gasteiger partial charge in [0.2, 0.25) is 0 Å². The first-order valence-electron chi connectivity index (χ1n) is 13.4. The van der Waals surface area contributed by atoms with E-state index in [1.165, 1.54) is 28.6 Å². The van der Waals surface area contributed by atoms with Gasteiger partial charge >= 0.3 is 17.9 Å². The topological polar surface area (TPSA) is 123 Å². The van der Waals surface area contributed by atoms with Crippen molar-refractivity contribution < 1.29 is 33.3 Å². The van der Waals surface area contributed by atoms with E-state index in [4.69, 9.17) is 18.9 Å². The number of carbonyl (C=O) groups excluding carboxylic acids is 3. The highest BCUT2D eigenvalue weighted by Gasteiger charge is 2.60. The lowest BCUT2D eigenvalue weighted by molar-refractivity contribution is -0.113. The molecule has 0 aliphatic carbocycles. The second-order valence-electron chi connectivity index (χ2n) is 9.78. The first kappa shape index (κ1) is 29.7. The van der Waals surface area contributed by atoms with Gasteiger partial charge in [0, 0.05) is 12.3 Å². The van der Waals surface area contributed by atoms with Crippen LogP contribution in [0.3, 0.4) is 0 Å². The molecule has 0 radical (unpaired) electrons. The molecule has 2 heterocycles. The highest BCUT2D eigenvalue weighted by molar-refractivity contribution is 7.98. The lowest BCUT2D eigenvalue weighted by Gasteiger charge is -2.35. The summed E-state index contributed by atoms with van der Waals surface area (Å²) in [5.41, 5.74) is -1.30. The maximum atomic E-state index is 13.5. The van der Waals surface area contributed by atoms with Crippen LogP contribution in [0, 0.1) is 0 Å². The molecule has 0 N–H and O–H groups in total. The molecule has 10 nitrogen and oxygen atoms in total. The molecule has 4 aromatic rings. The predicted molar refractivity (Wildman–Crippen MR) is 157 cm³/mol. The Kier molecular flexibility index (Phi) is 9.03. The minimum absolute atomic E-state index is 0.262. The largest absolute Gasteiger partial charge is 0.459 e. The van der Waals surface area contributed by atoms with E-state index in [1.807, 2.05) is 0 Å². The monoisotopic (exact) mass is 600 g/mol. The zero-order valence-electron chi connectivity index (χ0n) is 23.3. The van der Waals surface area contributed by atoms with E-state index in [0.29, 0.717) is 5.56 Å². The van der Waals surface area contributed by atoms with Crippen molar-refractivity contribution >= 4 is 29.7 Å². The van der Waals surface area contributed by atoms with Crippen LogP contribution in [0.2, 0.25) is 0 Å². The summed E-state index contributed by atoms with van der Waals surface area (Å²) in [5.74, 6) is -2.00. The molecule has 0 spiro atoms. The fourth-order valence-corrected chi connectivity index (χ4v) is 5.33. The highest BCUT2D eigenvalue weighted by atomic mass is 32.2. The summed E-state index contributed by atoms with van der Waals surface area (Å²) < 4.78 is 25.7. The van der Waals surface area contributed by atoms with E-state index in [9.17, 15) is 19.2 Å². The van der Waals surface area contributed by atoms with E-state index in [-0.39, 0.29) is 22.9 Å². The van der Waals surface area contributed by atoms with Gasteiger partial charge in [-0.2, -0.15) is 4.98 Å². The summed E-state index contributed by atoms with van der Waals surface area (Å²) in [6.07, 6.45) is -0.269. The predicted octanol–water partition coefficient (Wildman–Crippen LogP) is 4.56. The summed E-state index contributed by atoms with van der Waals surface area (Å²) in [7, 11) is 0. The number of ether oxygens (including phenoxy) is 4. The number of hydrogen-bond donors (Lipinski definition) is 0. The van der Waals surface area contributed by atoms with Crippen molar-refractivity contribution in [1.29, 1.82) is 0 Å². The number of nitrogens with zero attached hydrogens (tertiary/aromatic N) is 2. The fourth-order valence-electron chi connectivity index (χ4n) is 4.78. The van der Waals surface area contributed by atoms with Gasteiger partial charge in [-0.3, -0.25) is 9.36 Å². The molecular weight excluding hydrogens is 572 g/mol.